The van der Waals surface area contributed by atoms with Crippen molar-refractivity contribution in [3.63, 3.8) is 0 Å². The molecule has 2 aromatic heterocycles. The van der Waals surface area contributed by atoms with Crippen LogP contribution in [0.5, 0.6) is 0 Å². The number of carbonyl (C=O) groups is 1. The molecule has 1 aliphatic carbocycles. The maximum absolute atomic E-state index is 12.9. The number of benzene rings is 1. The third kappa shape index (κ3) is 3.70. The number of amides is 1. The van der Waals surface area contributed by atoms with Crippen molar-refractivity contribution in [3.05, 3.63) is 59.4 Å². The second-order valence-electron chi connectivity index (χ2n) is 10.1. The molecule has 1 amide bonds. The van der Waals surface area contributed by atoms with Gasteiger partial charge in [-0.2, -0.15) is 0 Å². The summed E-state index contributed by atoms with van der Waals surface area (Å²) in [4.78, 5) is 22.6. The second-order valence-corrected chi connectivity index (χ2v) is 10.1. The molecule has 0 radical (unpaired) electrons. The summed E-state index contributed by atoms with van der Waals surface area (Å²) in [5, 5.41) is 4.28. The molecule has 2 saturated heterocycles. The molecule has 2 unspecified atom stereocenters. The SMILES string of the molecule is CCn1ccc2cc(C(=O)N[C@H]3CCc4cc(N5CC6CCC(C5)N6C)ccc4C3)cnc21. The molecule has 2 bridgehead atoms. The smallest absolute Gasteiger partial charge is 0.253 e. The van der Waals surface area contributed by atoms with Crippen LogP contribution in [0.3, 0.4) is 0 Å². The number of nitrogens with one attached hydrogen (secondary N) is 1. The highest BCUT2D eigenvalue weighted by Gasteiger charge is 2.37. The Morgan fingerprint density at radius 2 is 1.91 bits per heavy atom. The standard InChI is InChI=1S/C27H33N5O/c1-3-31-11-10-20-12-21(15-28-26(20)31)27(33)29-22-6-4-19-14-23(7-5-18(19)13-22)32-16-24-8-9-25(17-32)30(24)2/h5,7,10-12,14-15,22,24-25H,3-4,6,8-9,13,16-17H2,1-2H3,(H,29,33)/t22-,24?,25?/m0/s1. The summed E-state index contributed by atoms with van der Waals surface area (Å²) >= 11 is 0. The van der Waals surface area contributed by atoms with Crippen LogP contribution in [0.15, 0.2) is 42.7 Å². The van der Waals surface area contributed by atoms with E-state index >= 15 is 0 Å². The van der Waals surface area contributed by atoms with Crippen LogP contribution in [0, 0.1) is 0 Å². The molecule has 4 heterocycles. The summed E-state index contributed by atoms with van der Waals surface area (Å²) in [6.45, 7) is 5.26. The van der Waals surface area contributed by atoms with Gasteiger partial charge in [0.05, 0.1) is 5.56 Å². The topological polar surface area (TPSA) is 53.4 Å². The zero-order valence-electron chi connectivity index (χ0n) is 19.6. The predicted molar refractivity (Wildman–Crippen MR) is 132 cm³/mol. The zero-order valence-corrected chi connectivity index (χ0v) is 19.6. The van der Waals surface area contributed by atoms with E-state index in [0.29, 0.717) is 17.6 Å². The van der Waals surface area contributed by atoms with Gasteiger partial charge in [-0.15, -0.1) is 0 Å². The average molecular weight is 444 g/mol. The van der Waals surface area contributed by atoms with Crippen LogP contribution >= 0.6 is 0 Å². The number of rotatable bonds is 4. The monoisotopic (exact) mass is 443 g/mol. The fourth-order valence-corrected chi connectivity index (χ4v) is 6.11. The first-order chi connectivity index (χ1) is 16.1. The average Bonchev–Trinajstić information content (AvgIpc) is 3.32. The summed E-state index contributed by atoms with van der Waals surface area (Å²) in [7, 11) is 2.29. The van der Waals surface area contributed by atoms with Gasteiger partial charge in [0, 0.05) is 61.2 Å². The highest BCUT2D eigenvalue weighted by atomic mass is 16.1. The van der Waals surface area contributed by atoms with E-state index < -0.39 is 0 Å². The van der Waals surface area contributed by atoms with Crippen molar-refractivity contribution in [3.8, 4) is 0 Å². The van der Waals surface area contributed by atoms with Gasteiger partial charge in [0.15, 0.2) is 0 Å². The number of hydrogen-bond acceptors (Lipinski definition) is 4. The fourth-order valence-electron chi connectivity index (χ4n) is 6.11. The van der Waals surface area contributed by atoms with Crippen molar-refractivity contribution in [2.75, 3.05) is 25.0 Å². The first kappa shape index (κ1) is 20.7. The maximum Gasteiger partial charge on any atom is 0.253 e. The molecule has 3 atom stereocenters. The zero-order chi connectivity index (χ0) is 22.5. The van der Waals surface area contributed by atoms with Gasteiger partial charge in [-0.05, 0) is 81.5 Å². The Kier molecular flexibility index (Phi) is 5.13. The van der Waals surface area contributed by atoms with Crippen LogP contribution in [-0.2, 0) is 19.4 Å². The molecule has 0 saturated carbocycles. The quantitative estimate of drug-likeness (QED) is 0.669. The molecule has 6 heteroatoms. The lowest BCUT2D eigenvalue weighted by Gasteiger charge is -2.40. The van der Waals surface area contributed by atoms with Crippen molar-refractivity contribution in [2.45, 2.75) is 63.7 Å². The van der Waals surface area contributed by atoms with Gasteiger partial charge in [0.2, 0.25) is 0 Å². The second kappa shape index (κ2) is 8.17. The largest absolute Gasteiger partial charge is 0.368 e. The highest BCUT2D eigenvalue weighted by Crippen LogP contribution is 2.33. The predicted octanol–water partition coefficient (Wildman–Crippen LogP) is 3.63. The normalized spacial score (nSPS) is 24.8. The molecule has 3 aliphatic rings. The molecule has 1 aromatic carbocycles. The van der Waals surface area contributed by atoms with E-state index in [1.165, 1.54) is 29.7 Å². The van der Waals surface area contributed by atoms with Crippen LogP contribution in [0.4, 0.5) is 5.69 Å². The van der Waals surface area contributed by atoms with Gasteiger partial charge in [-0.1, -0.05) is 6.07 Å². The summed E-state index contributed by atoms with van der Waals surface area (Å²) in [6.07, 6.45) is 9.29. The molecule has 2 aliphatic heterocycles. The molecule has 172 valence electrons. The van der Waals surface area contributed by atoms with Crippen LogP contribution in [-0.4, -0.2) is 58.6 Å². The third-order valence-electron chi connectivity index (χ3n) is 8.17. The molecular weight excluding hydrogens is 410 g/mol. The summed E-state index contributed by atoms with van der Waals surface area (Å²) in [6, 6.07) is 12.6. The number of aryl methyl sites for hydroxylation is 2. The molecule has 6 nitrogen and oxygen atoms in total. The number of hydrogen-bond donors (Lipinski definition) is 1. The van der Waals surface area contributed by atoms with Gasteiger partial charge >= 0.3 is 0 Å². The number of carbonyl (C=O) groups excluding carboxylic acids is 1. The number of likely N-dealkylation sites (N-methyl/N-ethyl adjacent to an activating group) is 1. The van der Waals surface area contributed by atoms with Crippen LogP contribution < -0.4 is 10.2 Å². The molecule has 33 heavy (non-hydrogen) atoms. The maximum atomic E-state index is 12.9. The van der Waals surface area contributed by atoms with Crippen LogP contribution in [0.25, 0.3) is 11.0 Å². The van der Waals surface area contributed by atoms with Gasteiger partial charge in [-0.3, -0.25) is 9.69 Å². The van der Waals surface area contributed by atoms with Crippen molar-refractivity contribution in [1.82, 2.24) is 19.8 Å². The van der Waals surface area contributed by atoms with Crippen molar-refractivity contribution < 1.29 is 4.79 Å². The fraction of sp³-hybridized carbons (Fsp3) is 0.481. The molecule has 0 spiro atoms. The Balaban J connectivity index is 1.13. The Bertz CT molecular complexity index is 1190. The minimum Gasteiger partial charge on any atom is -0.368 e. The Hall–Kier alpha value is -2.86. The molecule has 3 aromatic rings. The third-order valence-corrected chi connectivity index (χ3v) is 8.17. The van der Waals surface area contributed by atoms with Crippen molar-refractivity contribution in [2.24, 2.45) is 0 Å². The number of pyridine rings is 1. The summed E-state index contributed by atoms with van der Waals surface area (Å²) in [5.74, 6) is -0.0216. The first-order valence-corrected chi connectivity index (χ1v) is 12.4. The lowest BCUT2D eigenvalue weighted by molar-refractivity contribution is 0.0933. The lowest BCUT2D eigenvalue weighted by Crippen LogP contribution is -2.52. The Morgan fingerprint density at radius 3 is 2.70 bits per heavy atom. The van der Waals surface area contributed by atoms with Crippen LogP contribution in [0.1, 0.15) is 47.7 Å². The molecule has 1 N–H and O–H groups in total. The minimum atomic E-state index is -0.0216. The number of anilines is 1. The highest BCUT2D eigenvalue weighted by molar-refractivity contribution is 5.97. The van der Waals surface area contributed by atoms with E-state index in [-0.39, 0.29) is 11.9 Å². The number of nitrogens with zero attached hydrogens (tertiary/aromatic N) is 4. The van der Waals surface area contributed by atoms with E-state index in [4.69, 9.17) is 0 Å². The van der Waals surface area contributed by atoms with Gasteiger partial charge in [0.1, 0.15) is 5.65 Å². The number of fused-ring (bicyclic) bond motifs is 4. The van der Waals surface area contributed by atoms with E-state index in [0.717, 1.165) is 49.9 Å². The van der Waals surface area contributed by atoms with Gasteiger partial charge in [0.25, 0.3) is 5.91 Å². The number of aromatic nitrogens is 2. The molecule has 2 fully saturated rings. The van der Waals surface area contributed by atoms with E-state index in [1.807, 2.05) is 18.3 Å². The Labute approximate surface area is 195 Å². The van der Waals surface area contributed by atoms with E-state index in [1.54, 1.807) is 6.20 Å². The molecule has 6 rings (SSSR count). The first-order valence-electron chi connectivity index (χ1n) is 12.4. The Morgan fingerprint density at radius 1 is 1.09 bits per heavy atom. The van der Waals surface area contributed by atoms with Gasteiger partial charge < -0.3 is 14.8 Å². The summed E-state index contributed by atoms with van der Waals surface area (Å²) < 4.78 is 2.09. The lowest BCUT2D eigenvalue weighted by atomic mass is 9.87. The van der Waals surface area contributed by atoms with Crippen molar-refractivity contribution >= 4 is 22.6 Å². The van der Waals surface area contributed by atoms with E-state index in [2.05, 4.69) is 56.8 Å². The van der Waals surface area contributed by atoms with Crippen LogP contribution in [0.2, 0.25) is 0 Å². The minimum absolute atomic E-state index is 0.0216. The van der Waals surface area contributed by atoms with Crippen molar-refractivity contribution in [1.29, 1.82) is 0 Å². The summed E-state index contributed by atoms with van der Waals surface area (Å²) in [5.41, 5.74) is 5.78. The number of piperazine rings is 1. The molecular formula is C27H33N5O. The van der Waals surface area contributed by atoms with E-state index in [9.17, 15) is 4.79 Å². The van der Waals surface area contributed by atoms with Gasteiger partial charge in [-0.25, -0.2) is 4.98 Å².